The molecule has 1 nitrogen and oxygen atoms in total. The summed E-state index contributed by atoms with van der Waals surface area (Å²) in [4.78, 5) is 0. The molecule has 0 bridgehead atoms. The van der Waals surface area contributed by atoms with E-state index < -0.39 is 12.6 Å². The van der Waals surface area contributed by atoms with E-state index in [1.165, 1.54) is 5.56 Å². The van der Waals surface area contributed by atoms with Gasteiger partial charge in [-0.3, -0.25) is 0 Å². The van der Waals surface area contributed by atoms with Crippen molar-refractivity contribution < 1.29 is 13.2 Å². The summed E-state index contributed by atoms with van der Waals surface area (Å²) < 4.78 is 37.2. The predicted molar refractivity (Wildman–Crippen MR) is 79.3 cm³/mol. The van der Waals surface area contributed by atoms with E-state index in [-0.39, 0.29) is 17.9 Å². The van der Waals surface area contributed by atoms with Crippen LogP contribution in [-0.4, -0.2) is 18.8 Å². The quantitative estimate of drug-likeness (QED) is 0.761. The largest absolute Gasteiger partial charge is 0.389 e. The zero-order valence-electron chi connectivity index (χ0n) is 12.5. The smallest absolute Gasteiger partial charge is 0.313 e. The molecule has 1 unspecified atom stereocenters. The van der Waals surface area contributed by atoms with Gasteiger partial charge in [-0.2, -0.15) is 13.2 Å². The second kappa shape index (κ2) is 6.82. The van der Waals surface area contributed by atoms with Crippen LogP contribution in [0.15, 0.2) is 30.3 Å². The lowest BCUT2D eigenvalue weighted by molar-refractivity contribution is -0.136. The molecule has 1 aromatic rings. The van der Waals surface area contributed by atoms with Gasteiger partial charge in [-0.1, -0.05) is 43.7 Å². The maximum absolute atomic E-state index is 12.4. The van der Waals surface area contributed by atoms with E-state index in [0.29, 0.717) is 6.42 Å². The van der Waals surface area contributed by atoms with Crippen molar-refractivity contribution in [3.8, 4) is 0 Å². The molecular formula is C17H24F3N. The third-order valence-corrected chi connectivity index (χ3v) is 4.67. The van der Waals surface area contributed by atoms with Gasteiger partial charge in [0.2, 0.25) is 0 Å². The van der Waals surface area contributed by atoms with Gasteiger partial charge in [0.1, 0.15) is 0 Å². The van der Waals surface area contributed by atoms with E-state index >= 15 is 0 Å². The molecule has 0 heterocycles. The molecule has 0 aromatic heterocycles. The van der Waals surface area contributed by atoms with Crippen LogP contribution in [0.3, 0.4) is 0 Å². The molecule has 118 valence electrons. The Bertz CT molecular complexity index is 423. The number of rotatable bonds is 7. The molecule has 4 heteroatoms. The number of halogens is 3. The normalized spacial score (nSPS) is 19.0. The molecule has 1 saturated carbocycles. The van der Waals surface area contributed by atoms with Crippen LogP contribution in [0.4, 0.5) is 13.2 Å². The zero-order chi connectivity index (χ0) is 15.3. The van der Waals surface area contributed by atoms with Crippen molar-refractivity contribution in [1.29, 1.82) is 0 Å². The number of benzene rings is 1. The molecule has 1 N–H and O–H groups in total. The summed E-state index contributed by atoms with van der Waals surface area (Å²) in [6.45, 7) is 2.82. The summed E-state index contributed by atoms with van der Waals surface area (Å²) in [5.74, 6) is 0. The molecule has 0 aliphatic heterocycles. The van der Waals surface area contributed by atoms with Crippen LogP contribution >= 0.6 is 0 Å². The summed E-state index contributed by atoms with van der Waals surface area (Å²) in [7, 11) is 0. The summed E-state index contributed by atoms with van der Waals surface area (Å²) in [6.07, 6.45) is -0.633. The van der Waals surface area contributed by atoms with Crippen LogP contribution in [-0.2, 0) is 5.41 Å². The maximum Gasteiger partial charge on any atom is 0.389 e. The zero-order valence-corrected chi connectivity index (χ0v) is 12.5. The summed E-state index contributed by atoms with van der Waals surface area (Å²) in [5, 5.41) is 3.44. The molecule has 0 radical (unpaired) electrons. The van der Waals surface area contributed by atoms with Crippen LogP contribution in [0.1, 0.15) is 51.0 Å². The van der Waals surface area contributed by atoms with Crippen molar-refractivity contribution in [2.45, 2.75) is 63.1 Å². The third kappa shape index (κ3) is 4.00. The Morgan fingerprint density at radius 3 is 2.33 bits per heavy atom. The molecule has 2 rings (SSSR count). The monoisotopic (exact) mass is 299 g/mol. The fourth-order valence-corrected chi connectivity index (χ4v) is 3.49. The van der Waals surface area contributed by atoms with Crippen molar-refractivity contribution >= 4 is 0 Å². The van der Waals surface area contributed by atoms with Crippen molar-refractivity contribution in [2.75, 3.05) is 6.54 Å². The van der Waals surface area contributed by atoms with Crippen molar-refractivity contribution in [1.82, 2.24) is 5.32 Å². The number of alkyl halides is 3. The second-order valence-corrected chi connectivity index (χ2v) is 5.99. The Hall–Kier alpha value is -1.03. The fourth-order valence-electron chi connectivity index (χ4n) is 3.49. The highest BCUT2D eigenvalue weighted by molar-refractivity contribution is 5.30. The molecule has 0 spiro atoms. The van der Waals surface area contributed by atoms with Gasteiger partial charge in [0.05, 0.1) is 0 Å². The molecule has 1 aliphatic carbocycles. The molecule has 1 aromatic carbocycles. The third-order valence-electron chi connectivity index (χ3n) is 4.67. The van der Waals surface area contributed by atoms with Crippen LogP contribution in [0, 0.1) is 0 Å². The highest BCUT2D eigenvalue weighted by atomic mass is 19.4. The predicted octanol–water partition coefficient (Wildman–Crippen LogP) is 4.82. The van der Waals surface area contributed by atoms with E-state index in [0.717, 1.165) is 25.8 Å². The lowest BCUT2D eigenvalue weighted by Crippen LogP contribution is -2.52. The van der Waals surface area contributed by atoms with E-state index in [1.54, 1.807) is 0 Å². The molecule has 21 heavy (non-hydrogen) atoms. The van der Waals surface area contributed by atoms with E-state index in [4.69, 9.17) is 0 Å². The highest BCUT2D eigenvalue weighted by Crippen LogP contribution is 2.47. The molecule has 1 aliphatic rings. The Morgan fingerprint density at radius 2 is 1.86 bits per heavy atom. The molecule has 0 amide bonds. The first-order chi connectivity index (χ1) is 9.98. The van der Waals surface area contributed by atoms with E-state index in [9.17, 15) is 13.2 Å². The Kier molecular flexibility index (Phi) is 5.31. The maximum atomic E-state index is 12.4. The van der Waals surface area contributed by atoms with Crippen LogP contribution in [0.5, 0.6) is 0 Å². The second-order valence-electron chi connectivity index (χ2n) is 5.99. The lowest BCUT2D eigenvalue weighted by Gasteiger charge is -2.49. The molecule has 0 saturated heterocycles. The van der Waals surface area contributed by atoms with Crippen molar-refractivity contribution in [3.05, 3.63) is 35.9 Å². The summed E-state index contributed by atoms with van der Waals surface area (Å²) >= 11 is 0. The standard InChI is InChI=1S/C17H24F3N/c1-2-21-15(10-6-13-17(18,19)20)16(11-7-12-16)14-8-4-3-5-9-14/h3-5,8-9,15,21H,2,6-7,10-13H2,1H3. The van der Waals surface area contributed by atoms with Crippen LogP contribution < -0.4 is 5.32 Å². The minimum absolute atomic E-state index is 0.0306. The number of hydrogen-bond acceptors (Lipinski definition) is 1. The van der Waals surface area contributed by atoms with Crippen molar-refractivity contribution in [2.24, 2.45) is 0 Å². The molecule has 1 fully saturated rings. The lowest BCUT2D eigenvalue weighted by atomic mass is 9.59. The number of nitrogens with one attached hydrogen (secondary N) is 1. The molecule has 1 atom stereocenters. The average Bonchev–Trinajstić information content (AvgIpc) is 2.37. The van der Waals surface area contributed by atoms with Gasteiger partial charge in [0.25, 0.3) is 0 Å². The number of likely N-dealkylation sites (N-methyl/N-ethyl adjacent to an activating group) is 1. The van der Waals surface area contributed by atoms with E-state index in [1.807, 2.05) is 25.1 Å². The first kappa shape index (κ1) is 16.3. The minimum atomic E-state index is -4.05. The van der Waals surface area contributed by atoms with Gasteiger partial charge >= 0.3 is 6.18 Å². The van der Waals surface area contributed by atoms with Crippen molar-refractivity contribution in [3.63, 3.8) is 0 Å². The highest BCUT2D eigenvalue weighted by Gasteiger charge is 2.44. The SMILES string of the molecule is CCNC(CCCC(F)(F)F)C1(c2ccccc2)CCC1. The van der Waals surface area contributed by atoms with Crippen LogP contribution in [0.2, 0.25) is 0 Å². The summed E-state index contributed by atoms with van der Waals surface area (Å²) in [6, 6.07) is 10.4. The van der Waals surface area contributed by atoms with Gasteiger partial charge in [-0.15, -0.1) is 0 Å². The van der Waals surface area contributed by atoms with Crippen LogP contribution in [0.25, 0.3) is 0 Å². The molecular weight excluding hydrogens is 275 g/mol. The minimum Gasteiger partial charge on any atom is -0.313 e. The Morgan fingerprint density at radius 1 is 1.19 bits per heavy atom. The van der Waals surface area contributed by atoms with Gasteiger partial charge < -0.3 is 5.32 Å². The number of hydrogen-bond donors (Lipinski definition) is 1. The fraction of sp³-hybridized carbons (Fsp3) is 0.647. The first-order valence-electron chi connectivity index (χ1n) is 7.83. The average molecular weight is 299 g/mol. The first-order valence-corrected chi connectivity index (χ1v) is 7.83. The van der Waals surface area contributed by atoms with Gasteiger partial charge in [-0.05, 0) is 37.8 Å². The van der Waals surface area contributed by atoms with E-state index in [2.05, 4.69) is 17.4 Å². The summed E-state index contributed by atoms with van der Waals surface area (Å²) in [5.41, 5.74) is 1.30. The van der Waals surface area contributed by atoms with Gasteiger partial charge in [0, 0.05) is 17.9 Å². The Balaban J connectivity index is 2.08. The van der Waals surface area contributed by atoms with Gasteiger partial charge in [0.15, 0.2) is 0 Å². The Labute approximate surface area is 124 Å². The van der Waals surface area contributed by atoms with Gasteiger partial charge in [-0.25, -0.2) is 0 Å². The topological polar surface area (TPSA) is 12.0 Å².